The summed E-state index contributed by atoms with van der Waals surface area (Å²) in [4.78, 5) is 26.3. The normalized spacial score (nSPS) is 13.7. The van der Waals surface area contributed by atoms with Gasteiger partial charge in [0.15, 0.2) is 5.78 Å². The third-order valence-corrected chi connectivity index (χ3v) is 3.63. The van der Waals surface area contributed by atoms with Gasteiger partial charge in [0.25, 0.3) is 0 Å². The maximum atomic E-state index is 12.4. The topological polar surface area (TPSA) is 93.9 Å². The van der Waals surface area contributed by atoms with Crippen molar-refractivity contribution >= 4 is 22.7 Å². The van der Waals surface area contributed by atoms with Gasteiger partial charge in [-0.2, -0.15) is 5.26 Å². The summed E-state index contributed by atoms with van der Waals surface area (Å²) >= 11 is 0. The molecule has 0 amide bonds. The van der Waals surface area contributed by atoms with Crippen LogP contribution in [0.4, 0.5) is 0 Å². The van der Waals surface area contributed by atoms with Crippen LogP contribution in [-0.4, -0.2) is 21.8 Å². The third kappa shape index (κ3) is 2.28. The van der Waals surface area contributed by atoms with Gasteiger partial charge in [-0.15, -0.1) is 0 Å². The number of carbonyl (C=O) groups excluding carboxylic acids is 1. The second-order valence-electron chi connectivity index (χ2n) is 4.85. The Labute approximate surface area is 115 Å². The Kier molecular flexibility index (Phi) is 3.57. The monoisotopic (exact) mass is 270 g/mol. The molecule has 0 aliphatic heterocycles. The predicted octanol–water partition coefficient (Wildman–Crippen LogP) is 2.58. The number of aromatic amines is 1. The third-order valence-electron chi connectivity index (χ3n) is 3.63. The van der Waals surface area contributed by atoms with E-state index in [1.165, 1.54) is 6.92 Å². The van der Waals surface area contributed by atoms with Crippen LogP contribution < -0.4 is 0 Å². The Morgan fingerprint density at radius 1 is 1.30 bits per heavy atom. The smallest absolute Gasteiger partial charge is 0.306 e. The maximum Gasteiger partial charge on any atom is 0.306 e. The van der Waals surface area contributed by atoms with Crippen molar-refractivity contribution in [3.63, 3.8) is 0 Å². The number of carboxylic acids is 1. The minimum atomic E-state index is -0.997. The van der Waals surface area contributed by atoms with Gasteiger partial charge in [0, 0.05) is 28.6 Å². The van der Waals surface area contributed by atoms with Gasteiger partial charge in [0.2, 0.25) is 0 Å². The number of aromatic nitrogens is 1. The lowest BCUT2D eigenvalue weighted by Crippen LogP contribution is -2.25. The summed E-state index contributed by atoms with van der Waals surface area (Å²) < 4.78 is 0. The van der Waals surface area contributed by atoms with E-state index in [0.29, 0.717) is 16.5 Å². The van der Waals surface area contributed by atoms with E-state index in [1.807, 2.05) is 6.07 Å². The largest absolute Gasteiger partial charge is 0.481 e. The number of fused-ring (bicyclic) bond motifs is 1. The molecule has 2 N–H and O–H groups in total. The Morgan fingerprint density at radius 2 is 2.00 bits per heavy atom. The number of H-pyrrole nitrogens is 1. The molecule has 0 spiro atoms. The molecular weight excluding hydrogens is 256 g/mol. The molecule has 0 fully saturated rings. The first-order chi connectivity index (χ1) is 9.45. The summed E-state index contributed by atoms with van der Waals surface area (Å²) in [5, 5.41) is 18.6. The van der Waals surface area contributed by atoms with Crippen LogP contribution in [0.2, 0.25) is 0 Å². The summed E-state index contributed by atoms with van der Waals surface area (Å²) in [5.74, 6) is -2.62. The number of aliphatic carboxylic acids is 1. The molecule has 0 saturated carbocycles. The lowest BCUT2D eigenvalue weighted by Gasteiger charge is -2.14. The van der Waals surface area contributed by atoms with Crippen molar-refractivity contribution in [3.8, 4) is 6.07 Å². The van der Waals surface area contributed by atoms with E-state index in [9.17, 15) is 9.59 Å². The van der Waals surface area contributed by atoms with Crippen LogP contribution in [0.1, 0.15) is 29.8 Å². The predicted molar refractivity (Wildman–Crippen MR) is 73.3 cm³/mol. The molecule has 1 heterocycles. The van der Waals surface area contributed by atoms with Gasteiger partial charge in [-0.1, -0.05) is 13.8 Å². The van der Waals surface area contributed by atoms with Crippen molar-refractivity contribution < 1.29 is 14.7 Å². The number of nitrogens with zero attached hydrogens (tertiary/aromatic N) is 1. The van der Waals surface area contributed by atoms with Crippen molar-refractivity contribution in [2.75, 3.05) is 0 Å². The number of nitrogens with one attached hydrogen (secondary N) is 1. The Bertz CT molecular complexity index is 724. The number of benzene rings is 1. The molecule has 5 nitrogen and oxygen atoms in total. The lowest BCUT2D eigenvalue weighted by atomic mass is 9.88. The van der Waals surface area contributed by atoms with E-state index >= 15 is 0 Å². The standard InChI is InChI=1S/C15H14N2O3/c1-8(9(2)15(19)20)14(18)12-7-17-13-4-3-10(6-16)5-11(12)13/h3-5,7-9,17H,1-2H3,(H,19,20). The number of ketones is 1. The second kappa shape index (κ2) is 5.17. The van der Waals surface area contributed by atoms with E-state index < -0.39 is 17.8 Å². The van der Waals surface area contributed by atoms with E-state index in [0.717, 1.165) is 5.52 Å². The molecule has 1 aromatic heterocycles. The molecule has 2 aromatic rings. The number of carboxylic acid groups (broad SMARTS) is 1. The molecule has 102 valence electrons. The Hall–Kier alpha value is -2.61. The molecule has 0 bridgehead atoms. The number of Topliss-reactive ketones (excluding diaryl/α,β-unsaturated/α-hetero) is 1. The number of rotatable bonds is 4. The van der Waals surface area contributed by atoms with Gasteiger partial charge in [-0.3, -0.25) is 9.59 Å². The summed E-state index contributed by atoms with van der Waals surface area (Å²) in [6.45, 7) is 3.12. The van der Waals surface area contributed by atoms with Gasteiger partial charge in [0.1, 0.15) is 0 Å². The lowest BCUT2D eigenvalue weighted by molar-refractivity contribution is -0.142. The van der Waals surface area contributed by atoms with Crippen molar-refractivity contribution in [2.45, 2.75) is 13.8 Å². The molecule has 5 heteroatoms. The zero-order valence-corrected chi connectivity index (χ0v) is 11.2. The van der Waals surface area contributed by atoms with Crippen molar-refractivity contribution in [1.29, 1.82) is 5.26 Å². The Morgan fingerprint density at radius 3 is 2.60 bits per heavy atom. The van der Waals surface area contributed by atoms with Crippen LogP contribution in [0.25, 0.3) is 10.9 Å². The number of nitriles is 1. The minimum absolute atomic E-state index is 0.235. The fraction of sp³-hybridized carbons (Fsp3) is 0.267. The highest BCUT2D eigenvalue weighted by molar-refractivity contribution is 6.09. The van der Waals surface area contributed by atoms with E-state index in [2.05, 4.69) is 4.98 Å². The zero-order chi connectivity index (χ0) is 14.9. The molecule has 20 heavy (non-hydrogen) atoms. The van der Waals surface area contributed by atoms with E-state index in [4.69, 9.17) is 10.4 Å². The van der Waals surface area contributed by atoms with Gasteiger partial charge >= 0.3 is 5.97 Å². The quantitative estimate of drug-likeness (QED) is 0.835. The fourth-order valence-electron chi connectivity index (χ4n) is 2.08. The molecule has 0 radical (unpaired) electrons. The van der Waals surface area contributed by atoms with Gasteiger partial charge in [-0.25, -0.2) is 0 Å². The van der Waals surface area contributed by atoms with E-state index in [-0.39, 0.29) is 5.78 Å². The average molecular weight is 270 g/mol. The molecule has 2 rings (SSSR count). The summed E-state index contributed by atoms with van der Waals surface area (Å²) in [6.07, 6.45) is 1.57. The summed E-state index contributed by atoms with van der Waals surface area (Å²) in [7, 11) is 0. The Balaban J connectivity index is 2.45. The molecule has 0 aliphatic rings. The van der Waals surface area contributed by atoms with Crippen LogP contribution in [0.15, 0.2) is 24.4 Å². The van der Waals surface area contributed by atoms with Crippen LogP contribution >= 0.6 is 0 Å². The fourth-order valence-corrected chi connectivity index (χ4v) is 2.08. The van der Waals surface area contributed by atoms with Gasteiger partial charge in [0.05, 0.1) is 17.6 Å². The average Bonchev–Trinajstić information content (AvgIpc) is 2.87. The molecule has 0 aliphatic carbocycles. The van der Waals surface area contributed by atoms with Gasteiger partial charge < -0.3 is 10.1 Å². The highest BCUT2D eigenvalue weighted by Crippen LogP contribution is 2.25. The molecule has 0 saturated heterocycles. The first-order valence-corrected chi connectivity index (χ1v) is 6.24. The van der Waals surface area contributed by atoms with Gasteiger partial charge in [-0.05, 0) is 18.2 Å². The molecule has 2 atom stereocenters. The van der Waals surface area contributed by atoms with Crippen LogP contribution in [-0.2, 0) is 4.79 Å². The van der Waals surface area contributed by atoms with Crippen LogP contribution in [0.3, 0.4) is 0 Å². The maximum absolute atomic E-state index is 12.4. The zero-order valence-electron chi connectivity index (χ0n) is 11.2. The highest BCUT2D eigenvalue weighted by atomic mass is 16.4. The summed E-state index contributed by atoms with van der Waals surface area (Å²) in [6, 6.07) is 7.06. The molecule has 2 unspecified atom stereocenters. The first-order valence-electron chi connectivity index (χ1n) is 6.24. The van der Waals surface area contributed by atoms with Crippen molar-refractivity contribution in [2.24, 2.45) is 11.8 Å². The summed E-state index contributed by atoms with van der Waals surface area (Å²) in [5.41, 5.74) is 1.64. The first kappa shape index (κ1) is 13.8. The minimum Gasteiger partial charge on any atom is -0.481 e. The van der Waals surface area contributed by atoms with E-state index in [1.54, 1.807) is 31.3 Å². The SMILES string of the molecule is CC(C(=O)O)C(C)C(=O)c1c[nH]c2ccc(C#N)cc12. The van der Waals surface area contributed by atoms with Crippen LogP contribution in [0.5, 0.6) is 0 Å². The molecular formula is C15H14N2O3. The number of carbonyl (C=O) groups is 2. The second-order valence-corrected chi connectivity index (χ2v) is 4.85. The highest BCUT2D eigenvalue weighted by Gasteiger charge is 2.28. The molecule has 1 aromatic carbocycles. The van der Waals surface area contributed by atoms with Crippen molar-refractivity contribution in [1.82, 2.24) is 4.98 Å². The number of hydrogen-bond donors (Lipinski definition) is 2. The van der Waals surface area contributed by atoms with Crippen molar-refractivity contribution in [3.05, 3.63) is 35.5 Å². The van der Waals surface area contributed by atoms with Crippen LogP contribution in [0, 0.1) is 23.2 Å². The number of hydrogen-bond acceptors (Lipinski definition) is 3.